The van der Waals surface area contributed by atoms with E-state index in [1.807, 2.05) is 0 Å². The molecule has 0 aliphatic rings. The van der Waals surface area contributed by atoms with E-state index in [1.54, 1.807) is 24.3 Å². The number of phenols is 1. The summed E-state index contributed by atoms with van der Waals surface area (Å²) in [6.07, 6.45) is 0. The molecule has 0 aliphatic carbocycles. The fraction of sp³-hybridized carbons (Fsp3) is 0.133. The lowest BCUT2D eigenvalue weighted by Crippen LogP contribution is -2.12. The fourth-order valence-corrected chi connectivity index (χ4v) is 2.12. The molecule has 1 amide bonds. The van der Waals surface area contributed by atoms with Gasteiger partial charge in [-0.1, -0.05) is 15.9 Å². The second kappa shape index (κ2) is 6.49. The Morgan fingerprint density at radius 2 is 1.71 bits per heavy atom. The van der Waals surface area contributed by atoms with E-state index in [0.29, 0.717) is 21.7 Å². The highest BCUT2D eigenvalue weighted by molar-refractivity contribution is 9.10. The number of rotatable bonds is 4. The van der Waals surface area contributed by atoms with Crippen molar-refractivity contribution in [2.45, 2.75) is 0 Å². The molecule has 110 valence electrons. The number of anilines is 1. The minimum absolute atomic E-state index is 0.100. The van der Waals surface area contributed by atoms with Gasteiger partial charge in [0, 0.05) is 28.4 Å². The fourth-order valence-electron chi connectivity index (χ4n) is 1.77. The first kappa shape index (κ1) is 15.2. The summed E-state index contributed by atoms with van der Waals surface area (Å²) in [4.78, 5) is 12.2. The van der Waals surface area contributed by atoms with Crippen LogP contribution < -0.4 is 14.8 Å². The summed E-state index contributed by atoms with van der Waals surface area (Å²) >= 11 is 3.23. The number of ether oxygens (including phenoxy) is 2. The van der Waals surface area contributed by atoms with Crippen LogP contribution in [0.2, 0.25) is 0 Å². The second-order valence-electron chi connectivity index (χ2n) is 4.22. The van der Waals surface area contributed by atoms with Crippen LogP contribution in [0.15, 0.2) is 40.9 Å². The van der Waals surface area contributed by atoms with Gasteiger partial charge in [0.1, 0.15) is 17.2 Å². The molecule has 0 unspecified atom stereocenters. The Hall–Kier alpha value is -2.21. The molecule has 2 rings (SSSR count). The monoisotopic (exact) mass is 351 g/mol. The first-order chi connectivity index (χ1) is 10.0. The lowest BCUT2D eigenvalue weighted by Gasteiger charge is -2.10. The van der Waals surface area contributed by atoms with Gasteiger partial charge in [0.2, 0.25) is 0 Å². The van der Waals surface area contributed by atoms with Crippen molar-refractivity contribution in [3.63, 3.8) is 0 Å². The number of halogens is 1. The average molecular weight is 352 g/mol. The lowest BCUT2D eigenvalue weighted by atomic mass is 10.2. The Morgan fingerprint density at radius 1 is 1.10 bits per heavy atom. The number of carbonyl (C=O) groups is 1. The van der Waals surface area contributed by atoms with E-state index >= 15 is 0 Å². The summed E-state index contributed by atoms with van der Waals surface area (Å²) in [5.41, 5.74) is 0.693. The highest BCUT2D eigenvalue weighted by Crippen LogP contribution is 2.27. The molecule has 2 aromatic carbocycles. The first-order valence-electron chi connectivity index (χ1n) is 6.06. The SMILES string of the molecule is COc1cc(NC(=O)c2ccc(Br)cc2O)cc(OC)c1. The van der Waals surface area contributed by atoms with Crippen LogP contribution in [0.3, 0.4) is 0 Å². The summed E-state index contributed by atoms with van der Waals surface area (Å²) in [5, 5.41) is 12.5. The van der Waals surface area contributed by atoms with Crippen LogP contribution in [-0.2, 0) is 0 Å². The van der Waals surface area contributed by atoms with Gasteiger partial charge in [-0.05, 0) is 18.2 Å². The Bertz CT molecular complexity index is 650. The first-order valence-corrected chi connectivity index (χ1v) is 6.85. The third-order valence-corrected chi connectivity index (χ3v) is 3.31. The highest BCUT2D eigenvalue weighted by atomic mass is 79.9. The molecule has 0 radical (unpaired) electrons. The van der Waals surface area contributed by atoms with E-state index in [2.05, 4.69) is 21.2 Å². The maximum absolute atomic E-state index is 12.2. The van der Waals surface area contributed by atoms with E-state index in [4.69, 9.17) is 9.47 Å². The second-order valence-corrected chi connectivity index (χ2v) is 5.13. The van der Waals surface area contributed by atoms with E-state index in [9.17, 15) is 9.90 Å². The number of hydrogen-bond donors (Lipinski definition) is 2. The summed E-state index contributed by atoms with van der Waals surface area (Å²) in [7, 11) is 3.06. The van der Waals surface area contributed by atoms with Crippen LogP contribution >= 0.6 is 15.9 Å². The summed E-state index contributed by atoms with van der Waals surface area (Å²) in [5.74, 6) is 0.599. The number of amides is 1. The molecule has 0 aliphatic heterocycles. The number of carbonyl (C=O) groups excluding carboxylic acids is 1. The van der Waals surface area contributed by atoms with Crippen LogP contribution in [0.25, 0.3) is 0 Å². The maximum atomic E-state index is 12.2. The zero-order chi connectivity index (χ0) is 15.4. The zero-order valence-electron chi connectivity index (χ0n) is 11.5. The van der Waals surface area contributed by atoms with Gasteiger partial charge < -0.3 is 19.9 Å². The van der Waals surface area contributed by atoms with E-state index < -0.39 is 5.91 Å². The van der Waals surface area contributed by atoms with Crippen molar-refractivity contribution in [3.8, 4) is 17.2 Å². The van der Waals surface area contributed by atoms with Crippen molar-refractivity contribution in [3.05, 3.63) is 46.4 Å². The van der Waals surface area contributed by atoms with Gasteiger partial charge in [-0.3, -0.25) is 4.79 Å². The standard InChI is InChI=1S/C15H14BrNO4/c1-20-11-6-10(7-12(8-11)21-2)17-15(19)13-4-3-9(16)5-14(13)18/h3-8,18H,1-2H3,(H,17,19). The quantitative estimate of drug-likeness (QED) is 0.885. The lowest BCUT2D eigenvalue weighted by molar-refractivity contribution is 0.102. The van der Waals surface area contributed by atoms with Gasteiger partial charge in [-0.15, -0.1) is 0 Å². The van der Waals surface area contributed by atoms with Crippen molar-refractivity contribution in [1.29, 1.82) is 0 Å². The maximum Gasteiger partial charge on any atom is 0.259 e. The topological polar surface area (TPSA) is 67.8 Å². The van der Waals surface area contributed by atoms with Gasteiger partial charge in [-0.25, -0.2) is 0 Å². The molecular formula is C15H14BrNO4. The van der Waals surface area contributed by atoms with Crippen LogP contribution in [0.1, 0.15) is 10.4 Å². The normalized spacial score (nSPS) is 10.0. The van der Waals surface area contributed by atoms with E-state index in [1.165, 1.54) is 26.4 Å². The van der Waals surface area contributed by atoms with Gasteiger partial charge >= 0.3 is 0 Å². The predicted octanol–water partition coefficient (Wildman–Crippen LogP) is 3.42. The smallest absolute Gasteiger partial charge is 0.259 e. The molecule has 5 nitrogen and oxygen atoms in total. The molecule has 0 atom stereocenters. The van der Waals surface area contributed by atoms with Gasteiger partial charge in [0.25, 0.3) is 5.91 Å². The summed E-state index contributed by atoms with van der Waals surface area (Å²) < 4.78 is 11.0. The van der Waals surface area contributed by atoms with E-state index in [-0.39, 0.29) is 11.3 Å². The van der Waals surface area contributed by atoms with Crippen molar-refractivity contribution < 1.29 is 19.4 Å². The Kier molecular flexibility index (Phi) is 4.70. The molecule has 0 heterocycles. The van der Waals surface area contributed by atoms with Crippen molar-refractivity contribution in [2.75, 3.05) is 19.5 Å². The van der Waals surface area contributed by atoms with Gasteiger partial charge in [0.05, 0.1) is 19.8 Å². The minimum atomic E-state index is -0.421. The van der Waals surface area contributed by atoms with Gasteiger partial charge in [-0.2, -0.15) is 0 Å². The molecule has 6 heteroatoms. The number of nitrogens with one attached hydrogen (secondary N) is 1. The molecule has 2 N–H and O–H groups in total. The number of aromatic hydroxyl groups is 1. The van der Waals surface area contributed by atoms with Crippen LogP contribution in [-0.4, -0.2) is 25.2 Å². The number of hydrogen-bond acceptors (Lipinski definition) is 4. The molecule has 0 fully saturated rings. The number of phenolic OH excluding ortho intramolecular Hbond substituents is 1. The zero-order valence-corrected chi connectivity index (χ0v) is 13.1. The molecule has 0 saturated carbocycles. The summed E-state index contributed by atoms with van der Waals surface area (Å²) in [6.45, 7) is 0. The van der Waals surface area contributed by atoms with Crippen LogP contribution in [0, 0.1) is 0 Å². The number of benzene rings is 2. The molecule has 0 bridgehead atoms. The van der Waals surface area contributed by atoms with Crippen molar-refractivity contribution >= 4 is 27.5 Å². The van der Waals surface area contributed by atoms with Crippen molar-refractivity contribution in [1.82, 2.24) is 0 Å². The molecule has 21 heavy (non-hydrogen) atoms. The van der Waals surface area contributed by atoms with Gasteiger partial charge in [0.15, 0.2) is 0 Å². The predicted molar refractivity (Wildman–Crippen MR) is 83.3 cm³/mol. The molecule has 0 saturated heterocycles. The summed E-state index contributed by atoms with van der Waals surface area (Å²) in [6, 6.07) is 9.70. The highest BCUT2D eigenvalue weighted by Gasteiger charge is 2.12. The Morgan fingerprint density at radius 3 is 2.24 bits per heavy atom. The largest absolute Gasteiger partial charge is 0.507 e. The minimum Gasteiger partial charge on any atom is -0.507 e. The van der Waals surface area contributed by atoms with E-state index in [0.717, 1.165) is 0 Å². The Balaban J connectivity index is 2.26. The average Bonchev–Trinajstić information content (AvgIpc) is 2.46. The van der Waals surface area contributed by atoms with Crippen LogP contribution in [0.4, 0.5) is 5.69 Å². The molecular weight excluding hydrogens is 338 g/mol. The third-order valence-electron chi connectivity index (χ3n) is 2.81. The third kappa shape index (κ3) is 3.66. The van der Waals surface area contributed by atoms with Crippen LogP contribution in [0.5, 0.6) is 17.2 Å². The molecule has 2 aromatic rings. The number of methoxy groups -OCH3 is 2. The molecule has 0 aromatic heterocycles. The molecule has 0 spiro atoms. The Labute approximate surface area is 130 Å². The van der Waals surface area contributed by atoms with Crippen molar-refractivity contribution in [2.24, 2.45) is 0 Å².